The zero-order valence-corrected chi connectivity index (χ0v) is 12.7. The van der Waals surface area contributed by atoms with Crippen molar-refractivity contribution in [1.82, 2.24) is 5.32 Å². The summed E-state index contributed by atoms with van der Waals surface area (Å²) in [6.45, 7) is 2.32. The zero-order chi connectivity index (χ0) is 15.3. The van der Waals surface area contributed by atoms with Crippen molar-refractivity contribution in [2.75, 3.05) is 6.54 Å². The number of hydrogen-bond donors (Lipinski definition) is 2. The Bertz CT molecular complexity index is 464. The second-order valence-corrected chi connectivity index (χ2v) is 6.15. The minimum Gasteiger partial charge on any atom is -0.349 e. The first-order chi connectivity index (χ1) is 10.1. The molecule has 1 aliphatic carbocycles. The fourth-order valence-electron chi connectivity index (χ4n) is 3.11. The summed E-state index contributed by atoms with van der Waals surface area (Å²) in [6, 6.07) is 6.13. The maximum Gasteiger partial charge on any atom is 0.227 e. The lowest BCUT2D eigenvalue weighted by atomic mass is 9.79. The van der Waals surface area contributed by atoms with E-state index in [-0.39, 0.29) is 17.8 Å². The first kappa shape index (κ1) is 16.0. The van der Waals surface area contributed by atoms with E-state index in [4.69, 9.17) is 5.73 Å². The summed E-state index contributed by atoms with van der Waals surface area (Å²) < 4.78 is 13.0. The predicted octanol–water partition coefficient (Wildman–Crippen LogP) is 3.30. The van der Waals surface area contributed by atoms with Crippen molar-refractivity contribution >= 4 is 5.91 Å². The van der Waals surface area contributed by atoms with Crippen molar-refractivity contribution in [2.24, 2.45) is 11.1 Å². The number of amides is 1. The molecule has 1 aromatic rings. The van der Waals surface area contributed by atoms with Gasteiger partial charge in [-0.2, -0.15) is 0 Å². The summed E-state index contributed by atoms with van der Waals surface area (Å²) >= 11 is 0. The Morgan fingerprint density at radius 1 is 1.24 bits per heavy atom. The highest BCUT2D eigenvalue weighted by molar-refractivity contribution is 5.83. The van der Waals surface area contributed by atoms with E-state index < -0.39 is 5.41 Å². The third-order valence-corrected chi connectivity index (χ3v) is 4.65. The van der Waals surface area contributed by atoms with Gasteiger partial charge < -0.3 is 11.1 Å². The maximum atomic E-state index is 13.0. The largest absolute Gasteiger partial charge is 0.349 e. The lowest BCUT2D eigenvalue weighted by Gasteiger charge is -2.31. The summed E-state index contributed by atoms with van der Waals surface area (Å²) in [5.74, 6) is -0.219. The van der Waals surface area contributed by atoms with Gasteiger partial charge in [0.05, 0.1) is 11.5 Å². The number of benzene rings is 1. The molecule has 0 aromatic heterocycles. The molecule has 21 heavy (non-hydrogen) atoms. The molecule has 0 heterocycles. The molecule has 0 aliphatic heterocycles. The molecule has 0 saturated heterocycles. The van der Waals surface area contributed by atoms with Crippen molar-refractivity contribution in [3.63, 3.8) is 0 Å². The topological polar surface area (TPSA) is 55.1 Å². The van der Waals surface area contributed by atoms with Crippen molar-refractivity contribution in [2.45, 2.75) is 51.5 Å². The van der Waals surface area contributed by atoms with Gasteiger partial charge in [0.15, 0.2) is 0 Å². The Morgan fingerprint density at radius 3 is 2.33 bits per heavy atom. The fourth-order valence-corrected chi connectivity index (χ4v) is 3.11. The van der Waals surface area contributed by atoms with E-state index in [0.29, 0.717) is 6.54 Å². The number of nitrogens with one attached hydrogen (secondary N) is 1. The molecular weight excluding hydrogens is 267 g/mol. The van der Waals surface area contributed by atoms with Gasteiger partial charge in [0, 0.05) is 6.54 Å². The summed E-state index contributed by atoms with van der Waals surface area (Å²) in [5.41, 5.74) is 6.41. The van der Waals surface area contributed by atoms with Crippen LogP contribution in [-0.4, -0.2) is 12.5 Å². The van der Waals surface area contributed by atoms with Crippen LogP contribution >= 0.6 is 0 Å². The van der Waals surface area contributed by atoms with Gasteiger partial charge in [0.1, 0.15) is 5.82 Å². The van der Waals surface area contributed by atoms with Crippen molar-refractivity contribution in [3.05, 3.63) is 35.6 Å². The maximum absolute atomic E-state index is 13.0. The smallest absolute Gasteiger partial charge is 0.227 e. The molecule has 0 bridgehead atoms. The second kappa shape index (κ2) is 7.03. The Kier molecular flexibility index (Phi) is 5.34. The third-order valence-electron chi connectivity index (χ3n) is 4.65. The van der Waals surface area contributed by atoms with Gasteiger partial charge in [0.25, 0.3) is 0 Å². The van der Waals surface area contributed by atoms with Crippen LogP contribution in [0.3, 0.4) is 0 Å². The SMILES string of the molecule is C[C@H](NC(=O)C1(CN)CCCCCC1)c1ccc(F)cc1. The molecule has 2 rings (SSSR count). The van der Waals surface area contributed by atoms with Crippen molar-refractivity contribution < 1.29 is 9.18 Å². The highest BCUT2D eigenvalue weighted by atomic mass is 19.1. The van der Waals surface area contributed by atoms with Crippen LogP contribution in [0.2, 0.25) is 0 Å². The van der Waals surface area contributed by atoms with E-state index in [1.807, 2.05) is 6.92 Å². The standard InChI is InChI=1S/C17H25FN2O/c1-13(14-6-8-15(18)9-7-14)20-16(21)17(12-19)10-4-2-3-5-11-17/h6-9,13H,2-5,10-12,19H2,1H3,(H,20,21)/t13-/m0/s1. The first-order valence-corrected chi connectivity index (χ1v) is 7.84. The Morgan fingerprint density at radius 2 is 1.81 bits per heavy atom. The third kappa shape index (κ3) is 3.82. The van der Waals surface area contributed by atoms with Crippen LogP contribution in [0.5, 0.6) is 0 Å². The summed E-state index contributed by atoms with van der Waals surface area (Å²) in [6.07, 6.45) is 6.23. The quantitative estimate of drug-likeness (QED) is 0.837. The minimum absolute atomic E-state index is 0.0451. The Hall–Kier alpha value is -1.42. The summed E-state index contributed by atoms with van der Waals surface area (Å²) in [5, 5.41) is 3.06. The summed E-state index contributed by atoms with van der Waals surface area (Å²) in [7, 11) is 0. The minimum atomic E-state index is -0.426. The van der Waals surface area contributed by atoms with E-state index in [1.54, 1.807) is 12.1 Å². The number of halogens is 1. The van der Waals surface area contributed by atoms with Gasteiger partial charge in [-0.05, 0) is 37.5 Å². The normalized spacial score (nSPS) is 19.6. The summed E-state index contributed by atoms with van der Waals surface area (Å²) in [4.78, 5) is 12.7. The fraction of sp³-hybridized carbons (Fsp3) is 0.588. The van der Waals surface area contributed by atoms with Crippen molar-refractivity contribution in [1.29, 1.82) is 0 Å². The highest BCUT2D eigenvalue weighted by Gasteiger charge is 2.37. The molecule has 3 nitrogen and oxygen atoms in total. The van der Waals surface area contributed by atoms with E-state index >= 15 is 0 Å². The average Bonchev–Trinajstić information content (AvgIpc) is 2.74. The predicted molar refractivity (Wildman–Crippen MR) is 82.1 cm³/mol. The molecule has 0 spiro atoms. The molecule has 1 fully saturated rings. The van der Waals surface area contributed by atoms with Gasteiger partial charge >= 0.3 is 0 Å². The molecule has 1 amide bonds. The van der Waals surface area contributed by atoms with Crippen LogP contribution < -0.4 is 11.1 Å². The molecule has 4 heteroatoms. The van der Waals surface area contributed by atoms with Gasteiger partial charge in [-0.1, -0.05) is 37.8 Å². The molecule has 1 aromatic carbocycles. The van der Waals surface area contributed by atoms with E-state index in [1.165, 1.54) is 25.0 Å². The zero-order valence-electron chi connectivity index (χ0n) is 12.7. The number of rotatable bonds is 4. The lowest BCUT2D eigenvalue weighted by molar-refractivity contribution is -0.132. The Labute approximate surface area is 126 Å². The van der Waals surface area contributed by atoms with Crippen LogP contribution in [-0.2, 0) is 4.79 Å². The first-order valence-electron chi connectivity index (χ1n) is 7.84. The van der Waals surface area contributed by atoms with Crippen LogP contribution in [0.25, 0.3) is 0 Å². The lowest BCUT2D eigenvalue weighted by Crippen LogP contribution is -2.46. The van der Waals surface area contributed by atoms with E-state index in [9.17, 15) is 9.18 Å². The average molecular weight is 292 g/mol. The van der Waals surface area contributed by atoms with E-state index in [0.717, 1.165) is 31.2 Å². The van der Waals surface area contributed by atoms with Gasteiger partial charge in [-0.3, -0.25) is 4.79 Å². The van der Waals surface area contributed by atoms with Crippen LogP contribution in [0.15, 0.2) is 24.3 Å². The second-order valence-electron chi connectivity index (χ2n) is 6.15. The Balaban J connectivity index is 2.06. The van der Waals surface area contributed by atoms with Gasteiger partial charge in [-0.25, -0.2) is 4.39 Å². The van der Waals surface area contributed by atoms with E-state index in [2.05, 4.69) is 5.32 Å². The number of hydrogen-bond acceptors (Lipinski definition) is 2. The molecule has 1 saturated carbocycles. The van der Waals surface area contributed by atoms with Crippen LogP contribution in [0, 0.1) is 11.2 Å². The molecule has 3 N–H and O–H groups in total. The monoisotopic (exact) mass is 292 g/mol. The van der Waals surface area contributed by atoms with Gasteiger partial charge in [0.2, 0.25) is 5.91 Å². The van der Waals surface area contributed by atoms with Crippen LogP contribution in [0.1, 0.15) is 57.1 Å². The highest BCUT2D eigenvalue weighted by Crippen LogP contribution is 2.35. The van der Waals surface area contributed by atoms with Gasteiger partial charge in [-0.15, -0.1) is 0 Å². The van der Waals surface area contributed by atoms with Crippen LogP contribution in [0.4, 0.5) is 4.39 Å². The molecule has 0 radical (unpaired) electrons. The molecular formula is C17H25FN2O. The number of nitrogens with two attached hydrogens (primary N) is 1. The molecule has 1 atom stereocenters. The molecule has 116 valence electrons. The van der Waals surface area contributed by atoms with Crippen molar-refractivity contribution in [3.8, 4) is 0 Å². The molecule has 0 unspecified atom stereocenters. The number of carbonyl (C=O) groups is 1. The molecule has 1 aliphatic rings. The number of carbonyl (C=O) groups excluding carboxylic acids is 1.